The lowest BCUT2D eigenvalue weighted by molar-refractivity contribution is -0.385. The van der Waals surface area contributed by atoms with Crippen LogP contribution in [0.5, 0.6) is 0 Å². The zero-order valence-electron chi connectivity index (χ0n) is 10.7. The van der Waals surface area contributed by atoms with Crippen molar-refractivity contribution in [3.63, 3.8) is 0 Å². The molecule has 2 rings (SSSR count). The lowest BCUT2D eigenvalue weighted by Gasteiger charge is -2.12. The first-order valence-electron chi connectivity index (χ1n) is 6.38. The van der Waals surface area contributed by atoms with Gasteiger partial charge in [-0.2, -0.15) is 5.10 Å². The zero-order valence-corrected chi connectivity index (χ0v) is 10.7. The van der Waals surface area contributed by atoms with Gasteiger partial charge in [0.1, 0.15) is 12.4 Å². The number of aromatic nitrogens is 2. The van der Waals surface area contributed by atoms with Crippen LogP contribution in [-0.4, -0.2) is 33.2 Å². The molecular formula is C11H18N6O2. The van der Waals surface area contributed by atoms with E-state index in [0.717, 1.165) is 12.8 Å². The minimum Gasteiger partial charge on any atom is -0.370 e. The van der Waals surface area contributed by atoms with Crippen molar-refractivity contribution in [1.29, 1.82) is 0 Å². The van der Waals surface area contributed by atoms with Crippen molar-refractivity contribution >= 4 is 11.6 Å². The molecule has 1 aromatic rings. The Labute approximate surface area is 110 Å². The van der Waals surface area contributed by atoms with Crippen LogP contribution in [0.4, 0.5) is 5.69 Å². The summed E-state index contributed by atoms with van der Waals surface area (Å²) in [5.74, 6) is 0.438. The number of nitrogens with one attached hydrogen (secondary N) is 1. The summed E-state index contributed by atoms with van der Waals surface area (Å²) in [5, 5.41) is 17.5. The van der Waals surface area contributed by atoms with E-state index in [1.54, 1.807) is 0 Å². The number of hydrogen-bond acceptors (Lipinski definition) is 4. The number of rotatable bonds is 5. The van der Waals surface area contributed by atoms with Crippen molar-refractivity contribution in [2.45, 2.75) is 38.3 Å². The van der Waals surface area contributed by atoms with Crippen molar-refractivity contribution in [1.82, 2.24) is 15.1 Å². The Bertz CT molecular complexity index is 464. The summed E-state index contributed by atoms with van der Waals surface area (Å²) in [5.41, 5.74) is 5.76. The molecule has 0 aliphatic heterocycles. The van der Waals surface area contributed by atoms with E-state index in [1.807, 2.05) is 0 Å². The molecule has 1 heterocycles. The topological polar surface area (TPSA) is 111 Å². The first-order valence-corrected chi connectivity index (χ1v) is 6.38. The SMILES string of the molecule is NC(=NCCn1cc([N+](=O)[O-])cn1)NC1CCCC1. The predicted molar refractivity (Wildman–Crippen MR) is 70.8 cm³/mol. The molecule has 1 fully saturated rings. The van der Waals surface area contributed by atoms with Gasteiger partial charge in [0.2, 0.25) is 0 Å². The molecule has 1 aromatic heterocycles. The van der Waals surface area contributed by atoms with Crippen LogP contribution in [0.3, 0.4) is 0 Å². The highest BCUT2D eigenvalue weighted by Crippen LogP contribution is 2.17. The molecule has 1 saturated carbocycles. The van der Waals surface area contributed by atoms with Gasteiger partial charge < -0.3 is 11.1 Å². The minimum absolute atomic E-state index is 0.0129. The maximum absolute atomic E-state index is 10.5. The van der Waals surface area contributed by atoms with E-state index in [1.165, 1.54) is 29.9 Å². The van der Waals surface area contributed by atoms with Gasteiger partial charge in [-0.3, -0.25) is 19.8 Å². The summed E-state index contributed by atoms with van der Waals surface area (Å²) in [6, 6.07) is 0.439. The zero-order chi connectivity index (χ0) is 13.7. The molecule has 19 heavy (non-hydrogen) atoms. The number of nitrogens with two attached hydrogens (primary N) is 1. The summed E-state index contributed by atoms with van der Waals surface area (Å²) in [6.45, 7) is 0.922. The summed E-state index contributed by atoms with van der Waals surface area (Å²) in [4.78, 5) is 14.2. The lowest BCUT2D eigenvalue weighted by Crippen LogP contribution is -2.38. The van der Waals surface area contributed by atoms with Crippen LogP contribution in [0.1, 0.15) is 25.7 Å². The van der Waals surface area contributed by atoms with Gasteiger partial charge in [0.15, 0.2) is 5.96 Å². The molecule has 0 bridgehead atoms. The van der Waals surface area contributed by atoms with Crippen LogP contribution in [-0.2, 0) is 6.54 Å². The smallest absolute Gasteiger partial charge is 0.306 e. The molecule has 0 spiro atoms. The lowest BCUT2D eigenvalue weighted by atomic mass is 10.2. The molecule has 1 aliphatic carbocycles. The summed E-state index contributed by atoms with van der Waals surface area (Å²) < 4.78 is 1.49. The van der Waals surface area contributed by atoms with Crippen LogP contribution in [0.15, 0.2) is 17.4 Å². The predicted octanol–water partition coefficient (Wildman–Crippen LogP) is 0.638. The fourth-order valence-electron chi connectivity index (χ4n) is 2.17. The van der Waals surface area contributed by atoms with Crippen molar-refractivity contribution in [2.75, 3.05) is 6.54 Å². The van der Waals surface area contributed by atoms with Crippen molar-refractivity contribution in [2.24, 2.45) is 10.7 Å². The maximum Gasteiger partial charge on any atom is 0.306 e. The third-order valence-electron chi connectivity index (χ3n) is 3.15. The highest BCUT2D eigenvalue weighted by molar-refractivity contribution is 5.78. The van der Waals surface area contributed by atoms with Crippen molar-refractivity contribution in [3.8, 4) is 0 Å². The molecule has 0 saturated heterocycles. The highest BCUT2D eigenvalue weighted by Gasteiger charge is 2.14. The molecule has 0 amide bonds. The standard InChI is InChI=1S/C11H18N6O2/c12-11(15-9-3-1-2-4-9)13-5-6-16-8-10(7-14-16)17(18)19/h7-9H,1-6H2,(H3,12,13,15). The van der Waals surface area contributed by atoms with E-state index in [0.29, 0.717) is 25.1 Å². The second-order valence-electron chi connectivity index (χ2n) is 4.61. The van der Waals surface area contributed by atoms with Gasteiger partial charge in [-0.25, -0.2) is 0 Å². The average Bonchev–Trinajstić information content (AvgIpc) is 3.00. The highest BCUT2D eigenvalue weighted by atomic mass is 16.6. The first kappa shape index (κ1) is 13.3. The molecular weight excluding hydrogens is 248 g/mol. The molecule has 8 heteroatoms. The molecule has 1 aliphatic rings. The fourth-order valence-corrected chi connectivity index (χ4v) is 2.17. The second-order valence-corrected chi connectivity index (χ2v) is 4.61. The maximum atomic E-state index is 10.5. The third kappa shape index (κ3) is 3.94. The van der Waals surface area contributed by atoms with Gasteiger partial charge in [-0.05, 0) is 12.8 Å². The van der Waals surface area contributed by atoms with Crippen LogP contribution < -0.4 is 11.1 Å². The summed E-state index contributed by atoms with van der Waals surface area (Å²) in [7, 11) is 0. The van der Waals surface area contributed by atoms with Crippen LogP contribution in [0.2, 0.25) is 0 Å². The van der Waals surface area contributed by atoms with E-state index in [2.05, 4.69) is 15.4 Å². The normalized spacial score (nSPS) is 16.7. The second kappa shape index (κ2) is 6.17. The Kier molecular flexibility index (Phi) is 4.32. The molecule has 104 valence electrons. The van der Waals surface area contributed by atoms with Crippen LogP contribution >= 0.6 is 0 Å². The Balaban J connectivity index is 1.76. The van der Waals surface area contributed by atoms with Crippen molar-refractivity contribution in [3.05, 3.63) is 22.5 Å². The van der Waals surface area contributed by atoms with Gasteiger partial charge in [-0.15, -0.1) is 0 Å². The molecule has 8 nitrogen and oxygen atoms in total. The number of guanidine groups is 1. The van der Waals surface area contributed by atoms with E-state index in [4.69, 9.17) is 5.73 Å². The Hall–Kier alpha value is -2.12. The van der Waals surface area contributed by atoms with Crippen LogP contribution in [0.25, 0.3) is 0 Å². The fraction of sp³-hybridized carbons (Fsp3) is 0.636. The van der Waals surface area contributed by atoms with Gasteiger partial charge in [0, 0.05) is 6.04 Å². The van der Waals surface area contributed by atoms with Gasteiger partial charge in [0.05, 0.1) is 18.0 Å². The molecule has 0 atom stereocenters. The summed E-state index contributed by atoms with van der Waals surface area (Å²) in [6.07, 6.45) is 7.37. The Morgan fingerprint density at radius 1 is 1.63 bits per heavy atom. The summed E-state index contributed by atoms with van der Waals surface area (Å²) >= 11 is 0. The van der Waals surface area contributed by atoms with E-state index in [9.17, 15) is 10.1 Å². The van der Waals surface area contributed by atoms with E-state index in [-0.39, 0.29) is 5.69 Å². The van der Waals surface area contributed by atoms with Crippen molar-refractivity contribution < 1.29 is 4.92 Å². The van der Waals surface area contributed by atoms with E-state index < -0.39 is 4.92 Å². The quantitative estimate of drug-likeness (QED) is 0.351. The first-order chi connectivity index (χ1) is 9.15. The molecule has 0 unspecified atom stereocenters. The van der Waals surface area contributed by atoms with Gasteiger partial charge in [-0.1, -0.05) is 12.8 Å². The monoisotopic (exact) mass is 266 g/mol. The van der Waals surface area contributed by atoms with Gasteiger partial charge in [0.25, 0.3) is 0 Å². The number of nitro groups is 1. The third-order valence-corrected chi connectivity index (χ3v) is 3.15. The molecule has 0 radical (unpaired) electrons. The average molecular weight is 266 g/mol. The Morgan fingerprint density at radius 2 is 2.37 bits per heavy atom. The number of nitrogens with zero attached hydrogens (tertiary/aromatic N) is 4. The van der Waals surface area contributed by atoms with Gasteiger partial charge >= 0.3 is 5.69 Å². The largest absolute Gasteiger partial charge is 0.370 e. The van der Waals surface area contributed by atoms with E-state index >= 15 is 0 Å². The van der Waals surface area contributed by atoms with Crippen LogP contribution in [0, 0.1) is 10.1 Å². The molecule has 3 N–H and O–H groups in total. The number of aliphatic imine (C=N–C) groups is 1. The number of hydrogen-bond donors (Lipinski definition) is 2. The molecule has 0 aromatic carbocycles. The Morgan fingerprint density at radius 3 is 3.00 bits per heavy atom. The minimum atomic E-state index is -0.469.